The summed E-state index contributed by atoms with van der Waals surface area (Å²) in [5.74, 6) is 0.988. The van der Waals surface area contributed by atoms with Crippen molar-refractivity contribution >= 4 is 28.9 Å². The molecule has 0 aliphatic carbocycles. The number of aryl methyl sites for hydroxylation is 1. The number of anilines is 3. The van der Waals surface area contributed by atoms with Crippen molar-refractivity contribution in [3.8, 4) is 0 Å². The van der Waals surface area contributed by atoms with Gasteiger partial charge in [-0.05, 0) is 25.1 Å². The average molecular weight is 241 g/mol. The van der Waals surface area contributed by atoms with Crippen LogP contribution in [0.25, 0.3) is 0 Å². The molecule has 2 rings (SSSR count). The summed E-state index contributed by atoms with van der Waals surface area (Å²) in [6.07, 6.45) is 0. The van der Waals surface area contributed by atoms with Crippen LogP contribution in [0.3, 0.4) is 0 Å². The summed E-state index contributed by atoms with van der Waals surface area (Å²) in [4.78, 5) is 6.89. The highest BCUT2D eigenvalue weighted by molar-refractivity contribution is 6.30. The number of rotatable bonds is 2. The van der Waals surface area contributed by atoms with Crippen LogP contribution in [-0.4, -0.2) is 9.97 Å². The fourth-order valence-corrected chi connectivity index (χ4v) is 1.50. The number of nitrogens with two attached hydrogens (primary N) is 1. The molecule has 6 heteroatoms. The van der Waals surface area contributed by atoms with Gasteiger partial charge in [-0.2, -0.15) is 0 Å². The van der Waals surface area contributed by atoms with Crippen LogP contribution >= 0.6 is 11.6 Å². The van der Waals surface area contributed by atoms with E-state index in [1.807, 2.05) is 0 Å². The summed E-state index contributed by atoms with van der Waals surface area (Å²) in [6, 6.07) is 4.22. The molecule has 0 radical (unpaired) electrons. The third-order valence-corrected chi connectivity index (χ3v) is 2.27. The van der Waals surface area contributed by atoms with Gasteiger partial charge in [-0.15, -0.1) is 0 Å². The molecule has 84 valence electrons. The number of halogens is 2. The number of nitrogens with zero attached hydrogens (tertiary/aromatic N) is 1. The highest BCUT2D eigenvalue weighted by Crippen LogP contribution is 2.25. The van der Waals surface area contributed by atoms with E-state index in [2.05, 4.69) is 15.3 Å². The van der Waals surface area contributed by atoms with Crippen LogP contribution in [0.4, 0.5) is 21.7 Å². The van der Waals surface area contributed by atoms with Crippen LogP contribution < -0.4 is 11.1 Å². The van der Waals surface area contributed by atoms with Gasteiger partial charge in [-0.3, -0.25) is 0 Å². The van der Waals surface area contributed by atoms with E-state index in [1.165, 1.54) is 18.2 Å². The van der Waals surface area contributed by atoms with Crippen molar-refractivity contribution < 1.29 is 4.39 Å². The zero-order valence-corrected chi connectivity index (χ0v) is 9.27. The first kappa shape index (κ1) is 10.8. The van der Waals surface area contributed by atoms with E-state index in [0.717, 1.165) is 0 Å². The lowest BCUT2D eigenvalue weighted by atomic mass is 10.3. The highest BCUT2D eigenvalue weighted by atomic mass is 35.5. The molecule has 2 aromatic rings. The molecule has 0 bridgehead atoms. The lowest BCUT2D eigenvalue weighted by Gasteiger charge is -2.05. The van der Waals surface area contributed by atoms with Crippen LogP contribution in [-0.2, 0) is 0 Å². The van der Waals surface area contributed by atoms with Crippen LogP contribution in [0, 0.1) is 12.7 Å². The maximum atomic E-state index is 13.4. The molecule has 0 spiro atoms. The van der Waals surface area contributed by atoms with Crippen LogP contribution in [0.15, 0.2) is 18.2 Å². The van der Waals surface area contributed by atoms with Gasteiger partial charge in [0.2, 0.25) is 0 Å². The van der Waals surface area contributed by atoms with E-state index in [9.17, 15) is 4.39 Å². The quantitative estimate of drug-likeness (QED) is 0.756. The van der Waals surface area contributed by atoms with Gasteiger partial charge in [0.1, 0.15) is 17.5 Å². The van der Waals surface area contributed by atoms with Crippen molar-refractivity contribution in [2.45, 2.75) is 6.92 Å². The minimum atomic E-state index is -0.413. The number of hydrogen-bond donors (Lipinski definition) is 3. The molecule has 0 aliphatic heterocycles. The lowest BCUT2D eigenvalue weighted by molar-refractivity contribution is 0.632. The Balaban J connectivity index is 2.33. The molecule has 16 heavy (non-hydrogen) atoms. The zero-order chi connectivity index (χ0) is 11.7. The Hall–Kier alpha value is -1.75. The number of nitrogen functional groups attached to an aromatic ring is 1. The maximum absolute atomic E-state index is 13.4. The molecule has 0 amide bonds. The van der Waals surface area contributed by atoms with Crippen molar-refractivity contribution in [2.75, 3.05) is 11.1 Å². The summed E-state index contributed by atoms with van der Waals surface area (Å²) in [5.41, 5.74) is 5.88. The fourth-order valence-electron chi connectivity index (χ4n) is 1.33. The molecule has 0 saturated heterocycles. The van der Waals surface area contributed by atoms with Crippen molar-refractivity contribution in [3.05, 3.63) is 34.9 Å². The Morgan fingerprint density at radius 3 is 2.88 bits per heavy atom. The maximum Gasteiger partial charge on any atom is 0.173 e. The molecule has 0 aliphatic rings. The first-order valence-corrected chi connectivity index (χ1v) is 4.98. The smallest absolute Gasteiger partial charge is 0.173 e. The predicted octanol–water partition coefficient (Wildman–Crippen LogP) is 2.84. The zero-order valence-electron chi connectivity index (χ0n) is 8.51. The van der Waals surface area contributed by atoms with Gasteiger partial charge in [-0.1, -0.05) is 11.6 Å². The Bertz CT molecular complexity index is 524. The number of hydrogen-bond acceptors (Lipinski definition) is 3. The fraction of sp³-hybridized carbons (Fsp3) is 0.100. The monoisotopic (exact) mass is 240 g/mol. The minimum absolute atomic E-state index is 0.241. The van der Waals surface area contributed by atoms with Gasteiger partial charge in [0.05, 0.1) is 5.69 Å². The lowest BCUT2D eigenvalue weighted by Crippen LogP contribution is -1.97. The summed E-state index contributed by atoms with van der Waals surface area (Å²) in [7, 11) is 0. The van der Waals surface area contributed by atoms with Crippen LogP contribution in [0.2, 0.25) is 5.02 Å². The summed E-state index contributed by atoms with van der Waals surface area (Å²) < 4.78 is 13.4. The number of aromatic amines is 1. The molecule has 0 atom stereocenters. The number of aromatic nitrogens is 2. The van der Waals surface area contributed by atoms with Gasteiger partial charge < -0.3 is 16.0 Å². The van der Waals surface area contributed by atoms with E-state index in [0.29, 0.717) is 22.5 Å². The predicted molar refractivity (Wildman–Crippen MR) is 62.4 cm³/mol. The topological polar surface area (TPSA) is 66.7 Å². The summed E-state index contributed by atoms with van der Waals surface area (Å²) >= 11 is 5.76. The number of H-pyrrole nitrogens is 1. The van der Waals surface area contributed by atoms with Crippen molar-refractivity contribution in [1.82, 2.24) is 9.97 Å². The van der Waals surface area contributed by atoms with Crippen molar-refractivity contribution in [1.29, 1.82) is 0 Å². The minimum Gasteiger partial charge on any atom is -0.382 e. The third-order valence-electron chi connectivity index (χ3n) is 2.03. The molecule has 0 fully saturated rings. The summed E-state index contributed by atoms with van der Waals surface area (Å²) in [5, 5.41) is 3.21. The van der Waals surface area contributed by atoms with Gasteiger partial charge >= 0.3 is 0 Å². The van der Waals surface area contributed by atoms with Gasteiger partial charge in [0.25, 0.3) is 0 Å². The summed E-state index contributed by atoms with van der Waals surface area (Å²) in [6.45, 7) is 1.76. The molecule has 0 saturated carbocycles. The molecule has 1 aromatic carbocycles. The van der Waals surface area contributed by atoms with E-state index in [1.54, 1.807) is 6.92 Å². The van der Waals surface area contributed by atoms with Gasteiger partial charge in [0.15, 0.2) is 5.82 Å². The standard InChI is InChI=1S/C10H10ClFN4/c1-5-14-9(13)10(15-5)16-8-4-6(11)2-3-7(8)12/h2-4,16H,13H2,1H3,(H,14,15). The highest BCUT2D eigenvalue weighted by Gasteiger charge is 2.08. The van der Waals surface area contributed by atoms with Gasteiger partial charge in [0, 0.05) is 5.02 Å². The Kier molecular flexibility index (Phi) is 2.70. The normalized spacial score (nSPS) is 10.4. The SMILES string of the molecule is Cc1nc(Nc2cc(Cl)ccc2F)c(N)[nH]1. The molecule has 1 heterocycles. The second-order valence-corrected chi connectivity index (χ2v) is 3.77. The number of imidazole rings is 1. The van der Waals surface area contributed by atoms with Gasteiger partial charge in [-0.25, -0.2) is 9.37 Å². The second-order valence-electron chi connectivity index (χ2n) is 3.33. The van der Waals surface area contributed by atoms with Crippen molar-refractivity contribution in [3.63, 3.8) is 0 Å². The van der Waals surface area contributed by atoms with E-state index >= 15 is 0 Å². The molecule has 4 nitrogen and oxygen atoms in total. The van der Waals surface area contributed by atoms with E-state index < -0.39 is 5.82 Å². The van der Waals surface area contributed by atoms with E-state index in [4.69, 9.17) is 17.3 Å². The van der Waals surface area contributed by atoms with Crippen LogP contribution in [0.1, 0.15) is 5.82 Å². The Labute approximate surface area is 96.6 Å². The van der Waals surface area contributed by atoms with E-state index in [-0.39, 0.29) is 5.69 Å². The Morgan fingerprint density at radius 2 is 2.25 bits per heavy atom. The first-order chi connectivity index (χ1) is 7.56. The Morgan fingerprint density at radius 1 is 1.50 bits per heavy atom. The molecular formula is C10H10ClFN4. The second kappa shape index (κ2) is 4.02. The van der Waals surface area contributed by atoms with Crippen molar-refractivity contribution in [2.24, 2.45) is 0 Å². The third kappa shape index (κ3) is 2.09. The largest absolute Gasteiger partial charge is 0.382 e. The first-order valence-electron chi connectivity index (χ1n) is 4.60. The molecular weight excluding hydrogens is 231 g/mol. The van der Waals surface area contributed by atoms with Crippen LogP contribution in [0.5, 0.6) is 0 Å². The molecule has 0 unspecified atom stereocenters. The average Bonchev–Trinajstić information content (AvgIpc) is 2.51. The molecule has 1 aromatic heterocycles. The number of nitrogens with one attached hydrogen (secondary N) is 2. The number of benzene rings is 1. The molecule has 4 N–H and O–H groups in total.